The summed E-state index contributed by atoms with van der Waals surface area (Å²) in [5.74, 6) is -0.846. The van der Waals surface area contributed by atoms with Gasteiger partial charge in [0.15, 0.2) is 8.32 Å². The molecule has 178 valence electrons. The molecule has 2 aromatic rings. The maximum atomic E-state index is 13.9. The second kappa shape index (κ2) is 9.43. The molecule has 2 amide bonds. The topological polar surface area (TPSA) is 55.8 Å². The Balaban J connectivity index is 1.95. The fraction of sp³-hybridized carbons (Fsp3) is 0.481. The molecule has 0 N–H and O–H groups in total. The minimum atomic E-state index is -2.25. The molecular formula is C27H37NO4Si. The van der Waals surface area contributed by atoms with E-state index < -0.39 is 25.9 Å². The maximum absolute atomic E-state index is 13.9. The molecule has 33 heavy (non-hydrogen) atoms. The van der Waals surface area contributed by atoms with E-state index >= 15 is 0 Å². The quantitative estimate of drug-likeness (QED) is 0.458. The molecule has 5 nitrogen and oxygen atoms in total. The van der Waals surface area contributed by atoms with Crippen LogP contribution in [0.15, 0.2) is 60.7 Å². The highest BCUT2D eigenvalue weighted by molar-refractivity contribution is 6.74. The number of carbonyl (C=O) groups is 2. The highest BCUT2D eigenvalue weighted by Crippen LogP contribution is 2.45. The van der Waals surface area contributed by atoms with Gasteiger partial charge in [0.05, 0.1) is 17.6 Å². The Hall–Kier alpha value is -2.44. The van der Waals surface area contributed by atoms with Gasteiger partial charge in [-0.3, -0.25) is 4.79 Å². The summed E-state index contributed by atoms with van der Waals surface area (Å²) in [7, 11) is -2.25. The van der Waals surface area contributed by atoms with Crippen molar-refractivity contribution in [2.24, 2.45) is 5.92 Å². The molecule has 0 aliphatic carbocycles. The summed E-state index contributed by atoms with van der Waals surface area (Å²) in [6.45, 7) is 15.0. The summed E-state index contributed by atoms with van der Waals surface area (Å²) in [5, 5.41) is -0.0335. The maximum Gasteiger partial charge on any atom is 0.416 e. The fourth-order valence-corrected chi connectivity index (χ4v) is 5.72. The number of imide groups is 1. The van der Waals surface area contributed by atoms with E-state index in [2.05, 4.69) is 33.9 Å². The Morgan fingerprint density at radius 1 is 1.06 bits per heavy atom. The molecule has 3 atom stereocenters. The monoisotopic (exact) mass is 467 g/mol. The predicted molar refractivity (Wildman–Crippen MR) is 133 cm³/mol. The molecule has 0 spiro atoms. The molecule has 1 unspecified atom stereocenters. The van der Waals surface area contributed by atoms with Crippen molar-refractivity contribution < 1.29 is 18.8 Å². The van der Waals surface area contributed by atoms with Crippen LogP contribution in [0.4, 0.5) is 4.79 Å². The predicted octanol–water partition coefficient (Wildman–Crippen LogP) is 6.15. The van der Waals surface area contributed by atoms with Crippen LogP contribution < -0.4 is 0 Å². The van der Waals surface area contributed by atoms with E-state index in [1.807, 2.05) is 74.5 Å². The number of benzene rings is 2. The molecule has 0 saturated carbocycles. The summed E-state index contributed by atoms with van der Waals surface area (Å²) in [4.78, 5) is 27.9. The molecule has 1 aliphatic heterocycles. The number of hydrogen-bond acceptors (Lipinski definition) is 4. The second-order valence-corrected chi connectivity index (χ2v) is 15.4. The first-order valence-corrected chi connectivity index (χ1v) is 14.6. The van der Waals surface area contributed by atoms with E-state index in [0.29, 0.717) is 6.42 Å². The lowest BCUT2D eigenvalue weighted by molar-refractivity contribution is -0.140. The van der Waals surface area contributed by atoms with Crippen LogP contribution in [-0.4, -0.2) is 37.9 Å². The fourth-order valence-electron chi connectivity index (χ4n) is 4.06. The molecule has 1 heterocycles. The summed E-state index contributed by atoms with van der Waals surface area (Å²) in [6, 6.07) is 19.4. The van der Waals surface area contributed by atoms with E-state index in [1.54, 1.807) is 0 Å². The number of rotatable bonds is 7. The normalized spacial score (nSPS) is 19.7. The summed E-state index contributed by atoms with van der Waals surface area (Å²) in [5.41, 5.74) is 1.11. The Morgan fingerprint density at radius 3 is 2.15 bits per heavy atom. The molecule has 1 aliphatic rings. The van der Waals surface area contributed by atoms with Crippen molar-refractivity contribution in [2.75, 3.05) is 6.61 Å². The van der Waals surface area contributed by atoms with Gasteiger partial charge in [-0.05, 0) is 42.6 Å². The van der Waals surface area contributed by atoms with E-state index in [9.17, 15) is 9.59 Å². The van der Waals surface area contributed by atoms with Crippen LogP contribution in [0.1, 0.15) is 45.7 Å². The van der Waals surface area contributed by atoms with Crippen molar-refractivity contribution in [2.45, 2.75) is 70.8 Å². The lowest BCUT2D eigenvalue weighted by Crippen LogP contribution is -2.54. The van der Waals surface area contributed by atoms with Crippen LogP contribution >= 0.6 is 0 Å². The number of cyclic esters (lactones) is 1. The van der Waals surface area contributed by atoms with E-state index in [0.717, 1.165) is 11.1 Å². The zero-order valence-corrected chi connectivity index (χ0v) is 21.9. The van der Waals surface area contributed by atoms with Gasteiger partial charge in [-0.15, -0.1) is 0 Å². The summed E-state index contributed by atoms with van der Waals surface area (Å²) >= 11 is 0. The van der Waals surface area contributed by atoms with Gasteiger partial charge in [0.2, 0.25) is 5.91 Å². The van der Waals surface area contributed by atoms with Crippen LogP contribution in [0.5, 0.6) is 0 Å². The Morgan fingerprint density at radius 2 is 1.61 bits per heavy atom. The Labute approximate surface area is 199 Å². The molecule has 1 fully saturated rings. The standard InChI is InChI=1S/C27H37NO4Si/c1-20(24(29)28-23(19-31-25(28)30)18-21-14-10-8-11-15-21)27(5,22-16-12-9-13-17-22)32-33(6,7)26(2,3)4/h8-17,20,23H,18-19H2,1-7H3/t20-,23?,27-/m1/s1. The second-order valence-electron chi connectivity index (χ2n) is 10.7. The van der Waals surface area contributed by atoms with Crippen molar-refractivity contribution in [3.05, 3.63) is 71.8 Å². The van der Waals surface area contributed by atoms with Crippen molar-refractivity contribution in [3.8, 4) is 0 Å². The van der Waals surface area contributed by atoms with Crippen LogP contribution in [0, 0.1) is 5.92 Å². The van der Waals surface area contributed by atoms with Crippen molar-refractivity contribution in [1.29, 1.82) is 0 Å². The van der Waals surface area contributed by atoms with Gasteiger partial charge in [-0.1, -0.05) is 88.4 Å². The van der Waals surface area contributed by atoms with Gasteiger partial charge < -0.3 is 9.16 Å². The number of hydrogen-bond donors (Lipinski definition) is 0. The van der Waals surface area contributed by atoms with Gasteiger partial charge in [0.25, 0.3) is 0 Å². The first-order chi connectivity index (χ1) is 15.4. The average molecular weight is 468 g/mol. The minimum absolute atomic E-state index is 0.0335. The van der Waals surface area contributed by atoms with Crippen molar-refractivity contribution in [3.63, 3.8) is 0 Å². The molecule has 0 aromatic heterocycles. The van der Waals surface area contributed by atoms with Gasteiger partial charge >= 0.3 is 6.09 Å². The first-order valence-electron chi connectivity index (χ1n) is 11.7. The molecule has 0 radical (unpaired) electrons. The largest absolute Gasteiger partial charge is 0.447 e. The van der Waals surface area contributed by atoms with E-state index in [-0.39, 0.29) is 23.6 Å². The van der Waals surface area contributed by atoms with Gasteiger partial charge in [0, 0.05) is 0 Å². The average Bonchev–Trinajstić information content (AvgIpc) is 3.12. The van der Waals surface area contributed by atoms with Gasteiger partial charge in [0.1, 0.15) is 6.61 Å². The third kappa shape index (κ3) is 5.22. The molecule has 0 bridgehead atoms. The summed E-state index contributed by atoms with van der Waals surface area (Å²) < 4.78 is 12.3. The van der Waals surface area contributed by atoms with Crippen LogP contribution in [0.2, 0.25) is 18.1 Å². The zero-order valence-electron chi connectivity index (χ0n) is 20.9. The Kier molecular flexibility index (Phi) is 7.20. The SMILES string of the molecule is C[C@H](C(=O)N1C(=O)OCC1Cc1ccccc1)[C@@](C)(O[Si](C)(C)C(C)(C)C)c1ccccc1. The third-order valence-electron chi connectivity index (χ3n) is 7.33. The molecule has 3 rings (SSSR count). The molecule has 1 saturated heterocycles. The zero-order chi connectivity index (χ0) is 24.4. The number of nitrogens with zero attached hydrogens (tertiary/aromatic N) is 1. The Bertz CT molecular complexity index is 971. The van der Waals surface area contributed by atoms with Gasteiger partial charge in [-0.2, -0.15) is 0 Å². The highest BCUT2D eigenvalue weighted by atomic mass is 28.4. The van der Waals surface area contributed by atoms with Crippen LogP contribution in [0.25, 0.3) is 0 Å². The van der Waals surface area contributed by atoms with Crippen LogP contribution in [-0.2, 0) is 26.0 Å². The lowest BCUT2D eigenvalue weighted by atomic mass is 9.83. The van der Waals surface area contributed by atoms with Crippen LogP contribution in [0.3, 0.4) is 0 Å². The minimum Gasteiger partial charge on any atom is -0.447 e. The molecular weight excluding hydrogens is 430 g/mol. The van der Waals surface area contributed by atoms with E-state index in [1.165, 1.54) is 4.90 Å². The summed E-state index contributed by atoms with van der Waals surface area (Å²) in [6.07, 6.45) is -0.00794. The van der Waals surface area contributed by atoms with Gasteiger partial charge in [-0.25, -0.2) is 9.69 Å². The van der Waals surface area contributed by atoms with E-state index in [4.69, 9.17) is 9.16 Å². The highest BCUT2D eigenvalue weighted by Gasteiger charge is 2.50. The molecule has 6 heteroatoms. The smallest absolute Gasteiger partial charge is 0.416 e. The number of carbonyl (C=O) groups excluding carboxylic acids is 2. The number of ether oxygens (including phenoxy) is 1. The first kappa shape index (κ1) is 25.2. The molecule has 2 aromatic carbocycles. The number of amides is 2. The van der Waals surface area contributed by atoms with Crippen molar-refractivity contribution in [1.82, 2.24) is 4.90 Å². The van der Waals surface area contributed by atoms with Crippen molar-refractivity contribution >= 4 is 20.3 Å². The lowest BCUT2D eigenvalue weighted by Gasteiger charge is -2.47. The third-order valence-corrected chi connectivity index (χ3v) is 11.9.